The van der Waals surface area contributed by atoms with E-state index in [1.165, 1.54) is 6.07 Å². The van der Waals surface area contributed by atoms with Crippen LogP contribution < -0.4 is 5.73 Å². The summed E-state index contributed by atoms with van der Waals surface area (Å²) in [5.74, 6) is 0.509. The molecule has 1 heterocycles. The molecule has 0 saturated carbocycles. The zero-order valence-corrected chi connectivity index (χ0v) is 11.6. The molecule has 0 aliphatic carbocycles. The van der Waals surface area contributed by atoms with Crippen molar-refractivity contribution in [2.45, 2.75) is 38.6 Å². The van der Waals surface area contributed by atoms with Crippen molar-refractivity contribution in [1.29, 1.82) is 0 Å². The molecule has 2 N–H and O–H groups in total. The van der Waals surface area contributed by atoms with E-state index in [0.717, 1.165) is 11.3 Å². The van der Waals surface area contributed by atoms with Crippen molar-refractivity contribution < 1.29 is 4.39 Å². The molecular weight excluding hydrogens is 229 g/mol. The van der Waals surface area contributed by atoms with Gasteiger partial charge < -0.3 is 10.3 Å². The Kier molecular flexibility index (Phi) is 2.74. The van der Waals surface area contributed by atoms with Crippen LogP contribution in [0.5, 0.6) is 0 Å². The smallest absolute Gasteiger partial charge is 0.151 e. The second-order valence-corrected chi connectivity index (χ2v) is 5.95. The first-order chi connectivity index (χ1) is 8.16. The first-order valence-corrected chi connectivity index (χ1v) is 6.06. The van der Waals surface area contributed by atoms with Gasteiger partial charge in [-0.3, -0.25) is 0 Å². The number of aryl methyl sites for hydroxylation is 1. The summed E-state index contributed by atoms with van der Waals surface area (Å²) in [7, 11) is 1.90. The normalized spacial score (nSPS) is 13.3. The van der Waals surface area contributed by atoms with Gasteiger partial charge in [-0.15, -0.1) is 0 Å². The average Bonchev–Trinajstić information content (AvgIpc) is 2.57. The van der Waals surface area contributed by atoms with Crippen molar-refractivity contribution in [3.8, 4) is 0 Å². The summed E-state index contributed by atoms with van der Waals surface area (Å²) in [6, 6.07) is 5.00. The Morgan fingerprint density at radius 2 is 1.83 bits per heavy atom. The summed E-state index contributed by atoms with van der Waals surface area (Å²) in [5, 5.41) is 0. The molecule has 0 bridgehead atoms. The summed E-state index contributed by atoms with van der Waals surface area (Å²) < 4.78 is 15.7. The quantitative estimate of drug-likeness (QED) is 0.889. The standard InChI is InChI=1S/C14H20FN3/c1-13(2,14(3,4)16)12-17-11-9(15)7-6-8-10(11)18(12)5/h6-8H,16H2,1-5H3. The Morgan fingerprint density at radius 1 is 1.22 bits per heavy atom. The Morgan fingerprint density at radius 3 is 2.33 bits per heavy atom. The van der Waals surface area contributed by atoms with Gasteiger partial charge in [0.25, 0.3) is 0 Å². The topological polar surface area (TPSA) is 43.8 Å². The van der Waals surface area contributed by atoms with Crippen molar-refractivity contribution in [3.05, 3.63) is 29.8 Å². The molecular formula is C14H20FN3. The van der Waals surface area contributed by atoms with Gasteiger partial charge in [0.2, 0.25) is 0 Å². The molecule has 18 heavy (non-hydrogen) atoms. The lowest BCUT2D eigenvalue weighted by Crippen LogP contribution is -2.51. The predicted octanol–water partition coefficient (Wildman–Crippen LogP) is 2.73. The third-order valence-corrected chi connectivity index (χ3v) is 4.03. The zero-order chi connectivity index (χ0) is 13.7. The Labute approximate surface area is 107 Å². The van der Waals surface area contributed by atoms with Crippen LogP contribution in [-0.4, -0.2) is 15.1 Å². The van der Waals surface area contributed by atoms with Gasteiger partial charge in [0.05, 0.1) is 5.52 Å². The van der Waals surface area contributed by atoms with Crippen LogP contribution in [0, 0.1) is 5.82 Å². The molecule has 3 nitrogen and oxygen atoms in total. The van der Waals surface area contributed by atoms with Crippen LogP contribution in [0.25, 0.3) is 11.0 Å². The fourth-order valence-electron chi connectivity index (χ4n) is 2.03. The number of nitrogens with two attached hydrogens (primary N) is 1. The number of imidazole rings is 1. The molecule has 2 aromatic rings. The molecule has 0 spiro atoms. The summed E-state index contributed by atoms with van der Waals surface area (Å²) in [6.07, 6.45) is 0. The highest BCUT2D eigenvalue weighted by atomic mass is 19.1. The molecule has 0 aliphatic rings. The van der Waals surface area contributed by atoms with Crippen molar-refractivity contribution >= 4 is 11.0 Å². The van der Waals surface area contributed by atoms with Gasteiger partial charge in [-0.2, -0.15) is 0 Å². The van der Waals surface area contributed by atoms with E-state index in [0.29, 0.717) is 5.52 Å². The van der Waals surface area contributed by atoms with Crippen LogP contribution in [0.4, 0.5) is 4.39 Å². The van der Waals surface area contributed by atoms with E-state index in [9.17, 15) is 4.39 Å². The number of para-hydroxylation sites is 1. The van der Waals surface area contributed by atoms with Crippen LogP contribution >= 0.6 is 0 Å². The number of rotatable bonds is 2. The van der Waals surface area contributed by atoms with Crippen LogP contribution in [0.2, 0.25) is 0 Å². The monoisotopic (exact) mass is 249 g/mol. The lowest BCUT2D eigenvalue weighted by molar-refractivity contribution is 0.286. The first-order valence-electron chi connectivity index (χ1n) is 6.06. The van der Waals surface area contributed by atoms with E-state index in [2.05, 4.69) is 4.98 Å². The summed E-state index contributed by atoms with van der Waals surface area (Å²) in [5.41, 5.74) is 6.63. The summed E-state index contributed by atoms with van der Waals surface area (Å²) in [6.45, 7) is 7.99. The minimum atomic E-state index is -0.446. The van der Waals surface area contributed by atoms with Gasteiger partial charge >= 0.3 is 0 Å². The second-order valence-electron chi connectivity index (χ2n) is 5.95. The van der Waals surface area contributed by atoms with Crippen LogP contribution in [-0.2, 0) is 12.5 Å². The molecule has 1 aromatic carbocycles. The maximum atomic E-state index is 13.8. The third kappa shape index (κ3) is 1.72. The maximum absolute atomic E-state index is 13.8. The molecule has 2 rings (SSSR count). The number of hydrogen-bond acceptors (Lipinski definition) is 2. The fourth-order valence-corrected chi connectivity index (χ4v) is 2.03. The number of fused-ring (bicyclic) bond motifs is 1. The Bertz CT molecular complexity index is 591. The lowest BCUT2D eigenvalue weighted by atomic mass is 9.74. The van der Waals surface area contributed by atoms with Crippen LogP contribution in [0.15, 0.2) is 18.2 Å². The van der Waals surface area contributed by atoms with Crippen LogP contribution in [0.1, 0.15) is 33.5 Å². The van der Waals surface area contributed by atoms with E-state index in [-0.39, 0.29) is 11.2 Å². The minimum absolute atomic E-state index is 0.292. The molecule has 1 aromatic heterocycles. The van der Waals surface area contributed by atoms with Crippen molar-refractivity contribution in [2.75, 3.05) is 0 Å². The number of hydrogen-bond donors (Lipinski definition) is 1. The Hall–Kier alpha value is -1.42. The van der Waals surface area contributed by atoms with E-state index < -0.39 is 5.54 Å². The predicted molar refractivity (Wildman–Crippen MR) is 72.0 cm³/mol. The first kappa shape index (κ1) is 13.0. The van der Waals surface area contributed by atoms with Crippen molar-refractivity contribution in [3.63, 3.8) is 0 Å². The van der Waals surface area contributed by atoms with Crippen molar-refractivity contribution in [1.82, 2.24) is 9.55 Å². The van der Waals surface area contributed by atoms with E-state index in [1.807, 2.05) is 45.4 Å². The molecule has 0 saturated heterocycles. The molecule has 0 atom stereocenters. The highest BCUT2D eigenvalue weighted by molar-refractivity contribution is 5.76. The number of nitrogens with zero attached hydrogens (tertiary/aromatic N) is 2. The van der Waals surface area contributed by atoms with Crippen LogP contribution in [0.3, 0.4) is 0 Å². The van der Waals surface area contributed by atoms with Gasteiger partial charge in [0.1, 0.15) is 11.3 Å². The highest BCUT2D eigenvalue weighted by Crippen LogP contribution is 2.34. The molecule has 0 fully saturated rings. The third-order valence-electron chi connectivity index (χ3n) is 4.03. The van der Waals surface area contributed by atoms with Gasteiger partial charge in [0.15, 0.2) is 5.82 Å². The molecule has 4 heteroatoms. The van der Waals surface area contributed by atoms with E-state index in [1.54, 1.807) is 6.07 Å². The molecule has 98 valence electrons. The minimum Gasteiger partial charge on any atom is -0.331 e. The van der Waals surface area contributed by atoms with Gasteiger partial charge in [-0.05, 0) is 26.0 Å². The largest absolute Gasteiger partial charge is 0.331 e. The number of halogens is 1. The average molecular weight is 249 g/mol. The fraction of sp³-hybridized carbons (Fsp3) is 0.500. The summed E-state index contributed by atoms with van der Waals surface area (Å²) in [4.78, 5) is 4.46. The van der Waals surface area contributed by atoms with E-state index >= 15 is 0 Å². The molecule has 0 aliphatic heterocycles. The zero-order valence-electron chi connectivity index (χ0n) is 11.6. The Balaban J connectivity index is 2.74. The maximum Gasteiger partial charge on any atom is 0.151 e. The highest BCUT2D eigenvalue weighted by Gasteiger charge is 2.39. The summed E-state index contributed by atoms with van der Waals surface area (Å²) >= 11 is 0. The molecule has 0 amide bonds. The SMILES string of the molecule is Cn1c(C(C)(C)C(C)(C)N)nc2c(F)cccc21. The molecule has 0 unspecified atom stereocenters. The number of aromatic nitrogens is 2. The van der Waals surface area contributed by atoms with Crippen molar-refractivity contribution in [2.24, 2.45) is 12.8 Å². The second kappa shape index (κ2) is 3.79. The van der Waals surface area contributed by atoms with Gasteiger partial charge in [-0.1, -0.05) is 19.9 Å². The van der Waals surface area contributed by atoms with Gasteiger partial charge in [-0.25, -0.2) is 9.37 Å². The van der Waals surface area contributed by atoms with Gasteiger partial charge in [0, 0.05) is 18.0 Å². The van der Waals surface area contributed by atoms with E-state index in [4.69, 9.17) is 5.73 Å². The lowest BCUT2D eigenvalue weighted by Gasteiger charge is -2.37. The molecule has 0 radical (unpaired) electrons. The number of benzene rings is 1.